The van der Waals surface area contributed by atoms with E-state index < -0.39 is 0 Å². The SMILES string of the molecule is COc1ccc2ccccc2c1N1CCN(CCn2cnc3sc4c(c3c2=O)CCN(C)C4)CC1.Cl.Cl. The van der Waals surface area contributed by atoms with Crippen molar-refractivity contribution >= 4 is 62.8 Å². The van der Waals surface area contributed by atoms with Gasteiger partial charge in [0.2, 0.25) is 0 Å². The van der Waals surface area contributed by atoms with E-state index in [1.807, 2.05) is 4.57 Å². The molecule has 6 rings (SSSR count). The molecule has 0 spiro atoms. The van der Waals surface area contributed by atoms with Crippen LogP contribution >= 0.6 is 36.2 Å². The maximum atomic E-state index is 13.3. The van der Waals surface area contributed by atoms with E-state index in [-0.39, 0.29) is 30.4 Å². The van der Waals surface area contributed by atoms with Crippen LogP contribution in [-0.2, 0) is 19.5 Å². The van der Waals surface area contributed by atoms with Crippen molar-refractivity contribution in [1.29, 1.82) is 0 Å². The van der Waals surface area contributed by atoms with Crippen molar-refractivity contribution < 1.29 is 4.74 Å². The Morgan fingerprint density at radius 3 is 2.57 bits per heavy atom. The highest BCUT2D eigenvalue weighted by molar-refractivity contribution is 7.18. The van der Waals surface area contributed by atoms with Gasteiger partial charge in [-0.1, -0.05) is 30.3 Å². The van der Waals surface area contributed by atoms with Gasteiger partial charge < -0.3 is 14.5 Å². The highest BCUT2D eigenvalue weighted by Gasteiger charge is 2.24. The topological polar surface area (TPSA) is 53.8 Å². The Labute approximate surface area is 233 Å². The molecule has 1 fully saturated rings. The molecule has 0 aliphatic carbocycles. The van der Waals surface area contributed by atoms with Crippen LogP contribution in [0.2, 0.25) is 0 Å². The number of rotatable bonds is 5. The first-order chi connectivity index (χ1) is 17.1. The Balaban J connectivity index is 0.00000160. The number of piperazine rings is 1. The van der Waals surface area contributed by atoms with Gasteiger partial charge in [0.1, 0.15) is 10.6 Å². The monoisotopic (exact) mass is 561 g/mol. The van der Waals surface area contributed by atoms with Gasteiger partial charge in [0.05, 0.1) is 24.5 Å². The van der Waals surface area contributed by atoms with Crippen LogP contribution in [0, 0.1) is 0 Å². The Hall–Kier alpha value is -2.36. The van der Waals surface area contributed by atoms with E-state index in [1.54, 1.807) is 24.8 Å². The van der Waals surface area contributed by atoms with Crippen LogP contribution in [0.4, 0.5) is 5.69 Å². The second-order valence-electron chi connectivity index (χ2n) is 9.58. The molecular weight excluding hydrogens is 529 g/mol. The number of benzene rings is 2. The third kappa shape index (κ3) is 5.18. The molecule has 0 amide bonds. The Morgan fingerprint density at radius 1 is 1.00 bits per heavy atom. The predicted octanol–water partition coefficient (Wildman–Crippen LogP) is 4.27. The highest BCUT2D eigenvalue weighted by Crippen LogP contribution is 2.37. The zero-order valence-electron chi connectivity index (χ0n) is 21.2. The van der Waals surface area contributed by atoms with E-state index in [1.165, 1.54) is 26.9 Å². The molecule has 7 nitrogen and oxygen atoms in total. The lowest BCUT2D eigenvalue weighted by atomic mass is 10.1. The summed E-state index contributed by atoms with van der Waals surface area (Å²) in [4.78, 5) is 27.4. The van der Waals surface area contributed by atoms with Gasteiger partial charge in [0.25, 0.3) is 5.56 Å². The summed E-state index contributed by atoms with van der Waals surface area (Å²) in [6.07, 6.45) is 2.68. The second-order valence-corrected chi connectivity index (χ2v) is 10.7. The molecule has 37 heavy (non-hydrogen) atoms. The van der Waals surface area contributed by atoms with E-state index in [0.29, 0.717) is 6.54 Å². The third-order valence-electron chi connectivity index (χ3n) is 7.45. The molecule has 2 aromatic carbocycles. The number of hydrogen-bond donors (Lipinski definition) is 0. The van der Waals surface area contributed by atoms with Crippen molar-refractivity contribution in [2.75, 3.05) is 58.3 Å². The molecular formula is C27H33Cl2N5O2S. The van der Waals surface area contributed by atoms with Gasteiger partial charge in [-0.05, 0) is 30.5 Å². The number of thiophene rings is 1. The molecule has 2 aromatic heterocycles. The van der Waals surface area contributed by atoms with E-state index >= 15 is 0 Å². The molecule has 2 aliphatic heterocycles. The standard InChI is InChI=1S/C27H31N5O2S.2ClH/c1-29-10-9-21-23(17-29)35-26-24(21)27(33)32(18-28-26)16-13-30-11-14-31(15-12-30)25-20-6-4-3-5-19(20)7-8-22(25)34-2;;/h3-8,18H,9-17H2,1-2H3;2*1H. The Kier molecular flexibility index (Phi) is 8.66. The van der Waals surface area contributed by atoms with Crippen LogP contribution in [0.15, 0.2) is 47.5 Å². The van der Waals surface area contributed by atoms with Crippen molar-refractivity contribution in [2.24, 2.45) is 0 Å². The summed E-state index contributed by atoms with van der Waals surface area (Å²) in [5.41, 5.74) is 2.53. The number of likely N-dealkylation sites (N-methyl/N-ethyl adjacent to an activating group) is 1. The molecule has 4 heterocycles. The average Bonchev–Trinajstić information content (AvgIpc) is 3.26. The molecule has 0 bridgehead atoms. The summed E-state index contributed by atoms with van der Waals surface area (Å²) in [7, 11) is 3.88. The highest BCUT2D eigenvalue weighted by atomic mass is 35.5. The van der Waals surface area contributed by atoms with Gasteiger partial charge >= 0.3 is 0 Å². The number of fused-ring (bicyclic) bond motifs is 4. The number of methoxy groups -OCH3 is 1. The van der Waals surface area contributed by atoms with Crippen molar-refractivity contribution in [3.63, 3.8) is 0 Å². The Bertz CT molecular complexity index is 1450. The molecule has 0 N–H and O–H groups in total. The molecule has 1 saturated heterocycles. The average molecular weight is 563 g/mol. The maximum Gasteiger partial charge on any atom is 0.262 e. The van der Waals surface area contributed by atoms with Crippen LogP contribution in [0.25, 0.3) is 21.0 Å². The van der Waals surface area contributed by atoms with E-state index in [2.05, 4.69) is 63.1 Å². The first-order valence-electron chi connectivity index (χ1n) is 12.3. The number of anilines is 1. The first kappa shape index (κ1) is 27.7. The summed E-state index contributed by atoms with van der Waals surface area (Å²) in [5.74, 6) is 0.924. The molecule has 0 radical (unpaired) electrons. The summed E-state index contributed by atoms with van der Waals surface area (Å²) < 4.78 is 7.54. The van der Waals surface area contributed by atoms with Crippen molar-refractivity contribution in [1.82, 2.24) is 19.4 Å². The first-order valence-corrected chi connectivity index (χ1v) is 13.2. The number of halogens is 2. The lowest BCUT2D eigenvalue weighted by Gasteiger charge is -2.37. The molecule has 0 atom stereocenters. The van der Waals surface area contributed by atoms with Crippen LogP contribution in [0.1, 0.15) is 10.4 Å². The van der Waals surface area contributed by atoms with Gasteiger partial charge in [0.15, 0.2) is 0 Å². The number of ether oxygens (including phenoxy) is 1. The summed E-state index contributed by atoms with van der Waals surface area (Å²) >= 11 is 1.68. The van der Waals surface area contributed by atoms with Crippen LogP contribution in [0.3, 0.4) is 0 Å². The maximum absolute atomic E-state index is 13.3. The minimum Gasteiger partial charge on any atom is -0.495 e. The molecule has 10 heteroatoms. The van der Waals surface area contributed by atoms with Crippen LogP contribution in [0.5, 0.6) is 5.75 Å². The fraction of sp³-hybridized carbons (Fsp3) is 0.407. The predicted molar refractivity (Wildman–Crippen MR) is 158 cm³/mol. The lowest BCUT2D eigenvalue weighted by Crippen LogP contribution is -2.47. The molecule has 0 unspecified atom stereocenters. The minimum atomic E-state index is 0. The van der Waals surface area contributed by atoms with Gasteiger partial charge in [0, 0.05) is 62.6 Å². The molecule has 198 valence electrons. The molecule has 0 saturated carbocycles. The van der Waals surface area contributed by atoms with Crippen LogP contribution in [-0.4, -0.2) is 72.8 Å². The summed E-state index contributed by atoms with van der Waals surface area (Å²) in [6, 6.07) is 12.7. The van der Waals surface area contributed by atoms with Gasteiger partial charge in [-0.3, -0.25) is 14.3 Å². The summed E-state index contributed by atoms with van der Waals surface area (Å²) in [6.45, 7) is 7.21. The van der Waals surface area contributed by atoms with Gasteiger partial charge in [-0.25, -0.2) is 4.98 Å². The fourth-order valence-corrected chi connectivity index (χ4v) is 6.73. The zero-order valence-corrected chi connectivity index (χ0v) is 23.6. The smallest absolute Gasteiger partial charge is 0.262 e. The van der Waals surface area contributed by atoms with Gasteiger partial charge in [-0.15, -0.1) is 36.2 Å². The van der Waals surface area contributed by atoms with E-state index in [4.69, 9.17) is 4.74 Å². The number of nitrogens with zero attached hydrogens (tertiary/aromatic N) is 5. The number of hydrogen-bond acceptors (Lipinski definition) is 7. The van der Waals surface area contributed by atoms with Crippen molar-refractivity contribution in [2.45, 2.75) is 19.5 Å². The fourth-order valence-electron chi connectivity index (χ4n) is 5.48. The zero-order chi connectivity index (χ0) is 23.9. The van der Waals surface area contributed by atoms with Crippen LogP contribution < -0.4 is 15.2 Å². The van der Waals surface area contributed by atoms with Gasteiger partial charge in [-0.2, -0.15) is 0 Å². The minimum absolute atomic E-state index is 0. The largest absolute Gasteiger partial charge is 0.495 e. The quantitative estimate of drug-likeness (QED) is 0.362. The number of aromatic nitrogens is 2. The normalized spacial score (nSPS) is 16.3. The third-order valence-corrected chi connectivity index (χ3v) is 8.57. The summed E-state index contributed by atoms with van der Waals surface area (Å²) in [5, 5.41) is 3.32. The lowest BCUT2D eigenvalue weighted by molar-refractivity contribution is 0.246. The Morgan fingerprint density at radius 2 is 1.78 bits per heavy atom. The van der Waals surface area contributed by atoms with Crippen molar-refractivity contribution in [3.8, 4) is 5.75 Å². The van der Waals surface area contributed by atoms with E-state index in [9.17, 15) is 4.79 Å². The van der Waals surface area contributed by atoms with Crippen molar-refractivity contribution in [3.05, 3.63) is 63.5 Å². The second kappa shape index (κ2) is 11.6. The molecule has 2 aliphatic rings. The molecule has 4 aromatic rings. The van der Waals surface area contributed by atoms with E-state index in [0.717, 1.165) is 68.2 Å².